The summed E-state index contributed by atoms with van der Waals surface area (Å²) in [6.45, 7) is 7.55. The van der Waals surface area contributed by atoms with E-state index in [0.717, 1.165) is 56.1 Å². The van der Waals surface area contributed by atoms with E-state index in [1.807, 2.05) is 36.1 Å². The first-order valence-electron chi connectivity index (χ1n) is 12.6. The van der Waals surface area contributed by atoms with Crippen LogP contribution in [0.25, 0.3) is 0 Å². The number of nitrogens with two attached hydrogens (primary N) is 1. The van der Waals surface area contributed by atoms with Gasteiger partial charge in [-0.15, -0.1) is 0 Å². The van der Waals surface area contributed by atoms with E-state index in [-0.39, 0.29) is 17.4 Å². The molecule has 4 heteroatoms. The molecule has 1 aliphatic heterocycles. The Labute approximate surface area is 199 Å². The second kappa shape index (κ2) is 9.60. The molecule has 2 aliphatic rings. The molecule has 0 aromatic heterocycles. The molecule has 1 atom stereocenters. The van der Waals surface area contributed by atoms with Gasteiger partial charge in [0, 0.05) is 24.5 Å². The van der Waals surface area contributed by atoms with Gasteiger partial charge >= 0.3 is 0 Å². The van der Waals surface area contributed by atoms with Crippen molar-refractivity contribution in [2.45, 2.75) is 82.8 Å². The maximum atomic E-state index is 13.8. The lowest BCUT2D eigenvalue weighted by atomic mass is 9.77. The largest absolute Gasteiger partial charge is 0.375 e. The van der Waals surface area contributed by atoms with Crippen molar-refractivity contribution in [3.63, 3.8) is 0 Å². The van der Waals surface area contributed by atoms with Gasteiger partial charge in [0.2, 0.25) is 0 Å². The summed E-state index contributed by atoms with van der Waals surface area (Å²) in [5, 5.41) is 11.9. The van der Waals surface area contributed by atoms with Crippen LogP contribution in [-0.4, -0.2) is 34.5 Å². The summed E-state index contributed by atoms with van der Waals surface area (Å²) in [5.74, 6) is 0.317. The Morgan fingerprint density at radius 3 is 2.21 bits per heavy atom. The van der Waals surface area contributed by atoms with Crippen molar-refractivity contribution in [1.82, 2.24) is 4.90 Å². The van der Waals surface area contributed by atoms with Crippen LogP contribution in [0.5, 0.6) is 0 Å². The van der Waals surface area contributed by atoms with Crippen LogP contribution in [0.4, 0.5) is 0 Å². The predicted molar refractivity (Wildman–Crippen MR) is 134 cm³/mol. The molecule has 2 aromatic carbocycles. The molecule has 4 nitrogen and oxygen atoms in total. The first-order valence-corrected chi connectivity index (χ1v) is 12.6. The molecule has 33 heavy (non-hydrogen) atoms. The van der Waals surface area contributed by atoms with Gasteiger partial charge in [-0.2, -0.15) is 0 Å². The van der Waals surface area contributed by atoms with Crippen molar-refractivity contribution in [1.29, 1.82) is 0 Å². The number of aryl methyl sites for hydroxylation is 1. The molecule has 0 spiro atoms. The number of carbonyl (C=O) groups excluding carboxylic acids is 1. The van der Waals surface area contributed by atoms with Gasteiger partial charge in [0.05, 0.1) is 0 Å². The number of hydrogen-bond acceptors (Lipinski definition) is 3. The fourth-order valence-corrected chi connectivity index (χ4v) is 5.90. The lowest BCUT2D eigenvalue weighted by Crippen LogP contribution is -2.52. The predicted octanol–water partition coefficient (Wildman–Crippen LogP) is 5.06. The van der Waals surface area contributed by atoms with Gasteiger partial charge in [0.1, 0.15) is 0 Å². The summed E-state index contributed by atoms with van der Waals surface area (Å²) >= 11 is 0. The second-order valence-electron chi connectivity index (χ2n) is 11.0. The average molecular weight is 449 g/mol. The van der Waals surface area contributed by atoms with Crippen LogP contribution < -0.4 is 5.73 Å². The minimum absolute atomic E-state index is 0.00191. The third-order valence-corrected chi connectivity index (χ3v) is 7.69. The van der Waals surface area contributed by atoms with E-state index in [0.29, 0.717) is 19.0 Å². The van der Waals surface area contributed by atoms with Crippen molar-refractivity contribution in [3.8, 4) is 0 Å². The zero-order valence-corrected chi connectivity index (χ0v) is 20.5. The third-order valence-electron chi connectivity index (χ3n) is 7.69. The molecular weight excluding hydrogens is 408 g/mol. The van der Waals surface area contributed by atoms with Crippen molar-refractivity contribution < 1.29 is 9.90 Å². The van der Waals surface area contributed by atoms with Crippen molar-refractivity contribution in [2.75, 3.05) is 13.1 Å². The van der Waals surface area contributed by atoms with Crippen molar-refractivity contribution >= 4 is 5.91 Å². The summed E-state index contributed by atoms with van der Waals surface area (Å²) in [5.41, 5.74) is 9.23. The normalized spacial score (nSPS) is 20.1. The van der Waals surface area contributed by atoms with Crippen LogP contribution in [0.2, 0.25) is 0 Å². The molecule has 2 aromatic rings. The first kappa shape index (κ1) is 24.0. The molecule has 0 radical (unpaired) electrons. The van der Waals surface area contributed by atoms with E-state index >= 15 is 0 Å². The van der Waals surface area contributed by atoms with Crippen molar-refractivity contribution in [3.05, 3.63) is 70.8 Å². The summed E-state index contributed by atoms with van der Waals surface area (Å²) in [6, 6.07) is 16.5. The van der Waals surface area contributed by atoms with Crippen LogP contribution in [0.15, 0.2) is 48.5 Å². The number of benzene rings is 2. The third kappa shape index (κ3) is 5.17. The van der Waals surface area contributed by atoms with Crippen LogP contribution >= 0.6 is 0 Å². The quantitative estimate of drug-likeness (QED) is 0.649. The van der Waals surface area contributed by atoms with Gasteiger partial charge in [0.25, 0.3) is 5.91 Å². The molecule has 1 saturated carbocycles. The minimum atomic E-state index is -1.42. The van der Waals surface area contributed by atoms with Gasteiger partial charge in [-0.05, 0) is 75.5 Å². The average Bonchev–Trinajstić information content (AvgIpc) is 3.34. The first-order chi connectivity index (χ1) is 15.7. The summed E-state index contributed by atoms with van der Waals surface area (Å²) in [7, 11) is 0. The Bertz CT molecular complexity index is 948. The van der Waals surface area contributed by atoms with Crippen molar-refractivity contribution in [2.24, 2.45) is 11.7 Å². The highest BCUT2D eigenvalue weighted by Crippen LogP contribution is 2.43. The monoisotopic (exact) mass is 448 g/mol. The topological polar surface area (TPSA) is 66.6 Å². The van der Waals surface area contributed by atoms with Crippen LogP contribution in [0.1, 0.15) is 80.5 Å². The zero-order valence-electron chi connectivity index (χ0n) is 20.5. The maximum Gasteiger partial charge on any atom is 0.259 e. The molecular formula is C29H40N2O2. The number of piperidine rings is 1. The zero-order chi connectivity index (χ0) is 23.6. The number of likely N-dealkylation sites (tertiary alicyclic amines) is 1. The molecule has 0 bridgehead atoms. The fraction of sp³-hybridized carbons (Fsp3) is 0.552. The highest BCUT2D eigenvalue weighted by atomic mass is 16.3. The number of carbonyl (C=O) groups is 1. The Kier molecular flexibility index (Phi) is 6.97. The molecule has 178 valence electrons. The van der Waals surface area contributed by atoms with E-state index in [4.69, 9.17) is 5.73 Å². The number of amides is 1. The molecule has 1 unspecified atom stereocenters. The lowest BCUT2D eigenvalue weighted by Gasteiger charge is -2.41. The van der Waals surface area contributed by atoms with Gasteiger partial charge in [-0.25, -0.2) is 0 Å². The SMILES string of the molecule is Cc1ccc(C(O)(C(=O)N2CCC(c3ccccc3CC(C)(C)N)CC2)C2CCCC2)cc1. The molecule has 4 rings (SSSR count). The van der Waals surface area contributed by atoms with Gasteiger partial charge in [0.15, 0.2) is 5.60 Å². The standard InChI is InChI=1S/C29H40N2O2/c1-21-12-14-25(15-13-21)29(33,24-9-5-6-10-24)27(32)31-18-16-22(17-19-31)26-11-7-4-8-23(26)20-28(2,3)30/h4,7-8,11-15,22,24,33H,5-6,9-10,16-20,30H2,1-3H3. The van der Waals surface area contributed by atoms with Crippen LogP contribution in [-0.2, 0) is 16.8 Å². The van der Waals surface area contributed by atoms with Crippen LogP contribution in [0, 0.1) is 12.8 Å². The van der Waals surface area contributed by atoms with E-state index in [9.17, 15) is 9.90 Å². The Hall–Kier alpha value is -2.17. The van der Waals surface area contributed by atoms with E-state index in [1.165, 1.54) is 11.1 Å². The minimum Gasteiger partial charge on any atom is -0.375 e. The summed E-state index contributed by atoms with van der Waals surface area (Å²) in [4.78, 5) is 15.8. The summed E-state index contributed by atoms with van der Waals surface area (Å²) in [6.07, 6.45) is 6.68. The van der Waals surface area contributed by atoms with E-state index in [1.54, 1.807) is 0 Å². The molecule has 1 heterocycles. The lowest BCUT2D eigenvalue weighted by molar-refractivity contribution is -0.160. The van der Waals surface area contributed by atoms with Gasteiger partial charge in [-0.1, -0.05) is 66.9 Å². The Balaban J connectivity index is 1.52. The highest BCUT2D eigenvalue weighted by molar-refractivity contribution is 5.87. The van der Waals surface area contributed by atoms with E-state index < -0.39 is 5.60 Å². The number of nitrogens with zero attached hydrogens (tertiary/aromatic N) is 1. The molecule has 1 amide bonds. The van der Waals surface area contributed by atoms with E-state index in [2.05, 4.69) is 38.1 Å². The molecule has 3 N–H and O–H groups in total. The number of rotatable bonds is 6. The Morgan fingerprint density at radius 1 is 1.00 bits per heavy atom. The Morgan fingerprint density at radius 2 is 1.61 bits per heavy atom. The smallest absolute Gasteiger partial charge is 0.259 e. The fourth-order valence-electron chi connectivity index (χ4n) is 5.90. The second-order valence-corrected chi connectivity index (χ2v) is 11.0. The van der Waals surface area contributed by atoms with Gasteiger partial charge < -0.3 is 15.7 Å². The number of aliphatic hydroxyl groups is 1. The molecule has 1 saturated heterocycles. The number of hydrogen-bond donors (Lipinski definition) is 2. The molecule has 1 aliphatic carbocycles. The van der Waals surface area contributed by atoms with Gasteiger partial charge in [-0.3, -0.25) is 4.79 Å². The highest BCUT2D eigenvalue weighted by Gasteiger charge is 2.48. The van der Waals surface area contributed by atoms with Crippen LogP contribution in [0.3, 0.4) is 0 Å². The summed E-state index contributed by atoms with van der Waals surface area (Å²) < 4.78 is 0. The molecule has 2 fully saturated rings. The maximum absolute atomic E-state index is 13.8.